The van der Waals surface area contributed by atoms with Crippen molar-refractivity contribution in [2.45, 2.75) is 12.7 Å². The lowest BCUT2D eigenvalue weighted by Crippen LogP contribution is -2.32. The third kappa shape index (κ3) is 5.54. The van der Waals surface area contributed by atoms with Gasteiger partial charge in [0.25, 0.3) is 5.69 Å². The Kier molecular flexibility index (Phi) is 6.71. The summed E-state index contributed by atoms with van der Waals surface area (Å²) >= 11 is 0. The molecule has 1 unspecified atom stereocenters. The predicted molar refractivity (Wildman–Crippen MR) is 88.1 cm³/mol. The number of rotatable bonds is 7. The van der Waals surface area contributed by atoms with Gasteiger partial charge in [0.05, 0.1) is 16.7 Å². The molecular weight excluding hydrogens is 390 g/mol. The first-order valence-corrected chi connectivity index (χ1v) is 7.58. The molecule has 0 bridgehead atoms. The van der Waals surface area contributed by atoms with Crippen LogP contribution in [-0.2, 0) is 0 Å². The number of nitro benzene ring substituents is 1. The highest BCUT2D eigenvalue weighted by Crippen LogP contribution is 2.30. The zero-order valence-corrected chi connectivity index (χ0v) is 13.9. The van der Waals surface area contributed by atoms with Crippen LogP contribution in [0, 0.1) is 21.7 Å². The molecule has 12 heteroatoms. The quantitative estimate of drug-likeness (QED) is 0.373. The average Bonchev–Trinajstić information content (AvgIpc) is 2.62. The number of carbonyl (C=O) groups is 1. The van der Waals surface area contributed by atoms with Crippen LogP contribution in [-0.4, -0.2) is 29.2 Å². The number of aliphatic hydroxyl groups is 1. The van der Waals surface area contributed by atoms with E-state index < -0.39 is 59.0 Å². The van der Waals surface area contributed by atoms with Gasteiger partial charge in [-0.3, -0.25) is 10.1 Å². The zero-order valence-electron chi connectivity index (χ0n) is 13.9. The lowest BCUT2D eigenvalue weighted by atomic mass is 10.1. The van der Waals surface area contributed by atoms with E-state index in [1.165, 1.54) is 0 Å². The van der Waals surface area contributed by atoms with Gasteiger partial charge in [0.1, 0.15) is 5.75 Å². The normalized spacial score (nSPS) is 11.8. The van der Waals surface area contributed by atoms with Gasteiger partial charge in [0, 0.05) is 18.7 Å². The van der Waals surface area contributed by atoms with E-state index >= 15 is 0 Å². The molecule has 3 N–H and O–H groups in total. The number of non-ortho nitro benzene ring substituents is 1. The third-order valence-corrected chi connectivity index (χ3v) is 3.42. The molecule has 2 rings (SSSR count). The van der Waals surface area contributed by atoms with Gasteiger partial charge in [-0.2, -0.15) is 8.78 Å². The Labute approximate surface area is 154 Å². The van der Waals surface area contributed by atoms with E-state index in [1.807, 2.05) is 0 Å². The standard InChI is InChI=1S/C16H13F4N3O5/c17-10-3-1-8(5-11(10)18)13(24)7-21-16(25)22-12-6-9(23(26)27)2-4-14(12)28-15(19)20/h1-6,13,15,24H,7H2,(H2,21,22,25). The van der Waals surface area contributed by atoms with E-state index in [4.69, 9.17) is 0 Å². The zero-order chi connectivity index (χ0) is 20.8. The highest BCUT2D eigenvalue weighted by atomic mass is 19.3. The van der Waals surface area contributed by atoms with Crippen molar-refractivity contribution in [2.24, 2.45) is 0 Å². The van der Waals surface area contributed by atoms with Gasteiger partial charge in [-0.1, -0.05) is 6.07 Å². The van der Waals surface area contributed by atoms with Gasteiger partial charge < -0.3 is 20.5 Å². The minimum absolute atomic E-state index is 0.0173. The maximum atomic E-state index is 13.2. The fraction of sp³-hybridized carbons (Fsp3) is 0.188. The Morgan fingerprint density at radius 2 is 1.89 bits per heavy atom. The minimum atomic E-state index is -3.24. The van der Waals surface area contributed by atoms with Gasteiger partial charge in [0.2, 0.25) is 0 Å². The number of urea groups is 1. The van der Waals surface area contributed by atoms with E-state index in [-0.39, 0.29) is 5.56 Å². The number of benzene rings is 2. The number of hydrogen-bond donors (Lipinski definition) is 3. The molecule has 0 spiro atoms. The number of alkyl halides is 2. The van der Waals surface area contributed by atoms with Gasteiger partial charge in [-0.25, -0.2) is 13.6 Å². The van der Waals surface area contributed by atoms with E-state index in [1.54, 1.807) is 0 Å². The Balaban J connectivity index is 2.05. The predicted octanol–water partition coefficient (Wildman–Crippen LogP) is 3.33. The Morgan fingerprint density at radius 1 is 1.18 bits per heavy atom. The first-order chi connectivity index (χ1) is 13.2. The van der Waals surface area contributed by atoms with Crippen molar-refractivity contribution in [3.63, 3.8) is 0 Å². The largest absolute Gasteiger partial charge is 0.433 e. The second kappa shape index (κ2) is 8.99. The van der Waals surface area contributed by atoms with E-state index in [9.17, 15) is 37.6 Å². The minimum Gasteiger partial charge on any atom is -0.433 e. The molecule has 150 valence electrons. The van der Waals surface area contributed by atoms with Crippen LogP contribution < -0.4 is 15.4 Å². The molecule has 8 nitrogen and oxygen atoms in total. The first kappa shape index (κ1) is 20.9. The van der Waals surface area contributed by atoms with Crippen LogP contribution in [0.1, 0.15) is 11.7 Å². The molecule has 0 saturated carbocycles. The van der Waals surface area contributed by atoms with Gasteiger partial charge >= 0.3 is 12.6 Å². The summed E-state index contributed by atoms with van der Waals surface area (Å²) in [7, 11) is 0. The second-order valence-corrected chi connectivity index (χ2v) is 5.34. The number of hydrogen-bond acceptors (Lipinski definition) is 5. The van der Waals surface area contributed by atoms with Gasteiger partial charge in [-0.15, -0.1) is 0 Å². The summed E-state index contributed by atoms with van der Waals surface area (Å²) in [6, 6.07) is 4.24. The van der Waals surface area contributed by atoms with Crippen LogP contribution in [0.2, 0.25) is 0 Å². The molecule has 2 amide bonds. The summed E-state index contributed by atoms with van der Waals surface area (Å²) in [6.07, 6.45) is -1.40. The number of nitrogens with one attached hydrogen (secondary N) is 2. The number of anilines is 1. The van der Waals surface area contributed by atoms with Gasteiger partial charge in [0.15, 0.2) is 11.6 Å². The van der Waals surface area contributed by atoms with Crippen LogP contribution in [0.25, 0.3) is 0 Å². The summed E-state index contributed by atoms with van der Waals surface area (Å²) in [6.45, 7) is -3.68. The summed E-state index contributed by atoms with van der Waals surface area (Å²) < 4.78 is 55.1. The highest BCUT2D eigenvalue weighted by molar-refractivity contribution is 5.91. The highest BCUT2D eigenvalue weighted by Gasteiger charge is 2.18. The molecule has 2 aromatic rings. The maximum Gasteiger partial charge on any atom is 0.387 e. The number of aliphatic hydroxyl groups excluding tert-OH is 1. The van der Waals surface area contributed by atoms with Crippen LogP contribution >= 0.6 is 0 Å². The van der Waals surface area contributed by atoms with E-state index in [2.05, 4.69) is 15.4 Å². The summed E-state index contributed by atoms with van der Waals surface area (Å²) in [5.74, 6) is -2.82. The van der Waals surface area contributed by atoms with Gasteiger partial charge in [-0.05, 0) is 23.8 Å². The van der Waals surface area contributed by atoms with Crippen molar-refractivity contribution in [1.82, 2.24) is 5.32 Å². The molecule has 0 radical (unpaired) electrons. The Hall–Kier alpha value is -3.41. The summed E-state index contributed by atoms with van der Waals surface area (Å²) in [4.78, 5) is 21.9. The summed E-state index contributed by atoms with van der Waals surface area (Å²) in [5, 5.41) is 24.9. The van der Waals surface area contributed by atoms with E-state index in [0.29, 0.717) is 0 Å². The fourth-order valence-electron chi connectivity index (χ4n) is 2.12. The Morgan fingerprint density at radius 3 is 2.50 bits per heavy atom. The number of carbonyl (C=O) groups excluding carboxylic acids is 1. The fourth-order valence-corrected chi connectivity index (χ4v) is 2.12. The molecule has 0 aliphatic carbocycles. The number of halogens is 4. The van der Waals surface area contributed by atoms with Crippen molar-refractivity contribution in [3.8, 4) is 5.75 Å². The first-order valence-electron chi connectivity index (χ1n) is 7.58. The monoisotopic (exact) mass is 403 g/mol. The molecular formula is C16H13F4N3O5. The van der Waals surface area contributed by atoms with Crippen LogP contribution in [0.5, 0.6) is 5.75 Å². The number of ether oxygens (including phenoxy) is 1. The SMILES string of the molecule is O=C(NCC(O)c1ccc(F)c(F)c1)Nc1cc([N+](=O)[O-])ccc1OC(F)F. The van der Waals surface area contributed by atoms with E-state index in [0.717, 1.165) is 36.4 Å². The molecule has 28 heavy (non-hydrogen) atoms. The van der Waals surface area contributed by atoms with Crippen LogP contribution in [0.3, 0.4) is 0 Å². The number of amides is 2. The lowest BCUT2D eigenvalue weighted by Gasteiger charge is -2.15. The van der Waals surface area contributed by atoms with Crippen molar-refractivity contribution in [1.29, 1.82) is 0 Å². The van der Waals surface area contributed by atoms with Crippen LogP contribution in [0.4, 0.5) is 33.7 Å². The van der Waals surface area contributed by atoms with Crippen molar-refractivity contribution in [2.75, 3.05) is 11.9 Å². The maximum absolute atomic E-state index is 13.2. The smallest absolute Gasteiger partial charge is 0.387 e. The molecule has 0 fully saturated rings. The molecule has 0 aliphatic rings. The average molecular weight is 403 g/mol. The summed E-state index contributed by atoms with van der Waals surface area (Å²) in [5.41, 5.74) is -0.913. The molecule has 0 heterocycles. The number of nitro groups is 1. The third-order valence-electron chi connectivity index (χ3n) is 3.42. The molecule has 2 aromatic carbocycles. The second-order valence-electron chi connectivity index (χ2n) is 5.34. The van der Waals surface area contributed by atoms with Crippen LogP contribution in [0.15, 0.2) is 36.4 Å². The number of nitrogens with zero attached hydrogens (tertiary/aromatic N) is 1. The molecule has 0 aliphatic heterocycles. The van der Waals surface area contributed by atoms with Crippen molar-refractivity contribution >= 4 is 17.4 Å². The Bertz CT molecular complexity index is 881. The molecule has 0 saturated heterocycles. The molecule has 0 aromatic heterocycles. The van der Waals surface area contributed by atoms with Crippen molar-refractivity contribution < 1.29 is 37.1 Å². The van der Waals surface area contributed by atoms with Crippen molar-refractivity contribution in [3.05, 3.63) is 63.7 Å². The topological polar surface area (TPSA) is 114 Å². The lowest BCUT2D eigenvalue weighted by molar-refractivity contribution is -0.384. The molecule has 1 atom stereocenters.